The Hall–Kier alpha value is -0.830. The van der Waals surface area contributed by atoms with Gasteiger partial charge in [0.1, 0.15) is 0 Å². The summed E-state index contributed by atoms with van der Waals surface area (Å²) in [6.45, 7) is 2.44. The van der Waals surface area contributed by atoms with Crippen LogP contribution in [-0.2, 0) is 14.3 Å². The third kappa shape index (κ3) is 0.959. The molecule has 1 atom stereocenters. The Bertz CT molecular complexity index is 223. The van der Waals surface area contributed by atoms with E-state index in [2.05, 4.69) is 0 Å². The Morgan fingerprint density at radius 3 is 2.91 bits per heavy atom. The van der Waals surface area contributed by atoms with Gasteiger partial charge in [-0.3, -0.25) is 0 Å². The van der Waals surface area contributed by atoms with Crippen molar-refractivity contribution in [1.82, 2.24) is 0 Å². The van der Waals surface area contributed by atoms with Gasteiger partial charge in [-0.25, -0.2) is 4.79 Å². The summed E-state index contributed by atoms with van der Waals surface area (Å²) in [5, 5.41) is 0. The van der Waals surface area contributed by atoms with Gasteiger partial charge in [0, 0.05) is 12.0 Å². The maximum Gasteiger partial charge on any atom is 0.336 e. The van der Waals surface area contributed by atoms with E-state index >= 15 is 0 Å². The van der Waals surface area contributed by atoms with E-state index in [1.54, 1.807) is 13.0 Å². The fourth-order valence-electron chi connectivity index (χ4n) is 1.49. The van der Waals surface area contributed by atoms with Crippen LogP contribution in [0.5, 0.6) is 0 Å². The molecule has 0 saturated carbocycles. The number of esters is 1. The van der Waals surface area contributed by atoms with Crippen molar-refractivity contribution in [2.45, 2.75) is 25.6 Å². The molecule has 2 heterocycles. The van der Waals surface area contributed by atoms with Gasteiger partial charge in [-0.15, -0.1) is 0 Å². The zero-order chi connectivity index (χ0) is 7.90. The molecule has 2 aliphatic rings. The summed E-state index contributed by atoms with van der Waals surface area (Å²) in [5.74, 6) is -0.923. The monoisotopic (exact) mass is 154 g/mol. The lowest BCUT2D eigenvalue weighted by atomic mass is 10.1. The van der Waals surface area contributed by atoms with Crippen molar-refractivity contribution in [2.24, 2.45) is 0 Å². The highest BCUT2D eigenvalue weighted by molar-refractivity contribution is 5.90. The van der Waals surface area contributed by atoms with E-state index in [0.29, 0.717) is 12.2 Å². The molecular formula is C8H10O3. The highest BCUT2D eigenvalue weighted by Crippen LogP contribution is 2.34. The van der Waals surface area contributed by atoms with Crippen molar-refractivity contribution in [2.75, 3.05) is 6.61 Å². The van der Waals surface area contributed by atoms with Crippen molar-refractivity contribution in [3.8, 4) is 0 Å². The van der Waals surface area contributed by atoms with Crippen LogP contribution >= 0.6 is 0 Å². The van der Waals surface area contributed by atoms with Crippen LogP contribution in [0.2, 0.25) is 0 Å². The molecule has 0 amide bonds. The molecule has 0 N–H and O–H groups in total. The van der Waals surface area contributed by atoms with Crippen molar-refractivity contribution >= 4 is 5.97 Å². The topological polar surface area (TPSA) is 35.5 Å². The first-order chi connectivity index (χ1) is 5.22. The molecule has 0 radical (unpaired) electrons. The minimum absolute atomic E-state index is 0.244. The molecule has 0 aliphatic carbocycles. The maximum atomic E-state index is 11.0. The minimum atomic E-state index is -0.679. The summed E-state index contributed by atoms with van der Waals surface area (Å²) in [4.78, 5) is 11.0. The molecule has 1 fully saturated rings. The average molecular weight is 154 g/mol. The fourth-order valence-corrected chi connectivity index (χ4v) is 1.49. The lowest BCUT2D eigenvalue weighted by molar-refractivity contribution is -0.182. The SMILES string of the molecule is CC1=CC2(CCCO2)OC1=O. The van der Waals surface area contributed by atoms with E-state index in [1.165, 1.54) is 0 Å². The third-order valence-corrected chi connectivity index (χ3v) is 2.04. The van der Waals surface area contributed by atoms with Gasteiger partial charge in [0.05, 0.1) is 6.61 Å². The summed E-state index contributed by atoms with van der Waals surface area (Å²) in [6.07, 6.45) is 3.55. The Morgan fingerprint density at radius 2 is 2.45 bits per heavy atom. The molecule has 0 aromatic rings. The van der Waals surface area contributed by atoms with Crippen LogP contribution in [0.3, 0.4) is 0 Å². The molecule has 3 nitrogen and oxygen atoms in total. The lowest BCUT2D eigenvalue weighted by Crippen LogP contribution is -2.26. The van der Waals surface area contributed by atoms with Gasteiger partial charge in [-0.1, -0.05) is 0 Å². The molecular weight excluding hydrogens is 144 g/mol. The van der Waals surface area contributed by atoms with Crippen LogP contribution in [0, 0.1) is 0 Å². The molecule has 1 unspecified atom stereocenters. The fraction of sp³-hybridized carbons (Fsp3) is 0.625. The predicted octanol–water partition coefficient (Wildman–Crippen LogP) is 0.996. The van der Waals surface area contributed by atoms with E-state index in [9.17, 15) is 4.79 Å². The van der Waals surface area contributed by atoms with Crippen LogP contribution in [0.25, 0.3) is 0 Å². The van der Waals surface area contributed by atoms with Crippen LogP contribution < -0.4 is 0 Å². The molecule has 0 aromatic heterocycles. The van der Waals surface area contributed by atoms with Crippen LogP contribution in [0.15, 0.2) is 11.6 Å². The highest BCUT2D eigenvalue weighted by atomic mass is 16.7. The average Bonchev–Trinajstić information content (AvgIpc) is 2.46. The first-order valence-corrected chi connectivity index (χ1v) is 3.79. The molecule has 0 aromatic carbocycles. The van der Waals surface area contributed by atoms with Gasteiger partial charge < -0.3 is 9.47 Å². The zero-order valence-electron chi connectivity index (χ0n) is 6.42. The first-order valence-electron chi connectivity index (χ1n) is 3.79. The molecule has 3 heteroatoms. The predicted molar refractivity (Wildman–Crippen MR) is 37.8 cm³/mol. The highest BCUT2D eigenvalue weighted by Gasteiger charge is 2.42. The summed E-state index contributed by atoms with van der Waals surface area (Å²) < 4.78 is 10.4. The largest absolute Gasteiger partial charge is 0.426 e. The number of ether oxygens (including phenoxy) is 2. The standard InChI is InChI=1S/C8H10O3/c1-6-5-8(11-7(6)9)3-2-4-10-8/h5H,2-4H2,1H3. The van der Waals surface area contributed by atoms with E-state index in [4.69, 9.17) is 9.47 Å². The smallest absolute Gasteiger partial charge is 0.336 e. The molecule has 1 saturated heterocycles. The molecule has 11 heavy (non-hydrogen) atoms. The number of carbonyl (C=O) groups is 1. The second-order valence-corrected chi connectivity index (χ2v) is 2.98. The van der Waals surface area contributed by atoms with Crippen LogP contribution in [0.1, 0.15) is 19.8 Å². The Morgan fingerprint density at radius 1 is 1.64 bits per heavy atom. The van der Waals surface area contributed by atoms with Gasteiger partial charge in [-0.2, -0.15) is 0 Å². The van der Waals surface area contributed by atoms with Gasteiger partial charge in [0.2, 0.25) is 5.79 Å². The Kier molecular flexibility index (Phi) is 1.29. The van der Waals surface area contributed by atoms with Crippen LogP contribution in [0.4, 0.5) is 0 Å². The molecule has 2 aliphatic heterocycles. The molecule has 2 rings (SSSR count). The normalized spacial score (nSPS) is 36.1. The van der Waals surface area contributed by atoms with Crippen molar-refractivity contribution < 1.29 is 14.3 Å². The van der Waals surface area contributed by atoms with Gasteiger partial charge in [0.25, 0.3) is 0 Å². The Balaban J connectivity index is 2.25. The van der Waals surface area contributed by atoms with E-state index < -0.39 is 5.79 Å². The number of rotatable bonds is 0. The first kappa shape index (κ1) is 6.85. The zero-order valence-corrected chi connectivity index (χ0v) is 6.42. The van der Waals surface area contributed by atoms with E-state index in [0.717, 1.165) is 12.8 Å². The summed E-state index contributed by atoms with van der Waals surface area (Å²) >= 11 is 0. The maximum absolute atomic E-state index is 11.0. The Labute approximate surface area is 65.0 Å². The van der Waals surface area contributed by atoms with Crippen LogP contribution in [-0.4, -0.2) is 18.4 Å². The second-order valence-electron chi connectivity index (χ2n) is 2.98. The van der Waals surface area contributed by atoms with E-state index in [-0.39, 0.29) is 5.97 Å². The van der Waals surface area contributed by atoms with Crippen molar-refractivity contribution in [1.29, 1.82) is 0 Å². The summed E-state index contributed by atoms with van der Waals surface area (Å²) in [7, 11) is 0. The van der Waals surface area contributed by atoms with Gasteiger partial charge >= 0.3 is 5.97 Å². The quantitative estimate of drug-likeness (QED) is 0.488. The summed E-state index contributed by atoms with van der Waals surface area (Å²) in [6, 6.07) is 0. The number of hydrogen-bond donors (Lipinski definition) is 0. The van der Waals surface area contributed by atoms with E-state index in [1.807, 2.05) is 0 Å². The number of hydrogen-bond acceptors (Lipinski definition) is 3. The minimum Gasteiger partial charge on any atom is -0.426 e. The molecule has 0 bridgehead atoms. The lowest BCUT2D eigenvalue weighted by Gasteiger charge is -2.18. The van der Waals surface area contributed by atoms with Gasteiger partial charge in [0.15, 0.2) is 0 Å². The third-order valence-electron chi connectivity index (χ3n) is 2.04. The summed E-state index contributed by atoms with van der Waals surface area (Å²) in [5.41, 5.74) is 0.659. The molecule has 1 spiro atoms. The second kappa shape index (κ2) is 2.08. The van der Waals surface area contributed by atoms with Crippen molar-refractivity contribution in [3.05, 3.63) is 11.6 Å². The van der Waals surface area contributed by atoms with Gasteiger partial charge in [-0.05, 0) is 19.4 Å². The molecule has 60 valence electrons. The number of carbonyl (C=O) groups excluding carboxylic acids is 1. The van der Waals surface area contributed by atoms with Crippen molar-refractivity contribution in [3.63, 3.8) is 0 Å².